The van der Waals surface area contributed by atoms with E-state index >= 15 is 0 Å². The molecule has 1 rings (SSSR count). The average Bonchev–Trinajstić information content (AvgIpc) is 2.75. The van der Waals surface area contributed by atoms with Gasteiger partial charge >= 0.3 is 6.03 Å². The Morgan fingerprint density at radius 2 is 2.24 bits per heavy atom. The van der Waals surface area contributed by atoms with E-state index in [1.165, 1.54) is 0 Å². The number of hydrogen-bond acceptors (Lipinski definition) is 3. The van der Waals surface area contributed by atoms with Gasteiger partial charge in [0.15, 0.2) is 0 Å². The summed E-state index contributed by atoms with van der Waals surface area (Å²) in [6.45, 7) is 4.66. The van der Waals surface area contributed by atoms with E-state index in [2.05, 4.69) is 10.6 Å². The van der Waals surface area contributed by atoms with Crippen LogP contribution in [0.15, 0.2) is 22.8 Å². The molecule has 5 nitrogen and oxygen atoms in total. The molecule has 1 heterocycles. The van der Waals surface area contributed by atoms with Crippen molar-refractivity contribution >= 4 is 6.03 Å². The topological polar surface area (TPSA) is 74.5 Å². The molecule has 0 aromatic carbocycles. The van der Waals surface area contributed by atoms with Gasteiger partial charge in [-0.25, -0.2) is 4.79 Å². The maximum atomic E-state index is 11.4. The van der Waals surface area contributed by atoms with Crippen LogP contribution in [0.3, 0.4) is 0 Å². The standard InChI is InChI=1S/C12H20N2O3/c1-9(6-10(2)15)7-13-12(16)14-8-11-4-3-5-17-11/h3-5,9-10,15H,6-8H2,1-2H3,(H2,13,14,16). The number of aliphatic hydroxyl groups excluding tert-OH is 1. The van der Waals surface area contributed by atoms with Crippen molar-refractivity contribution in [2.45, 2.75) is 32.9 Å². The zero-order valence-electron chi connectivity index (χ0n) is 10.3. The van der Waals surface area contributed by atoms with Crippen molar-refractivity contribution in [3.8, 4) is 0 Å². The van der Waals surface area contributed by atoms with Gasteiger partial charge in [0, 0.05) is 6.54 Å². The Balaban J connectivity index is 2.13. The Labute approximate surface area is 101 Å². The SMILES string of the molecule is CC(O)CC(C)CNC(=O)NCc1ccco1. The molecule has 0 fully saturated rings. The van der Waals surface area contributed by atoms with Crippen LogP contribution in [0, 0.1) is 5.92 Å². The Bertz CT molecular complexity index is 323. The molecule has 2 amide bonds. The molecule has 0 spiro atoms. The van der Waals surface area contributed by atoms with Crippen LogP contribution < -0.4 is 10.6 Å². The van der Waals surface area contributed by atoms with Crippen molar-refractivity contribution in [2.75, 3.05) is 6.54 Å². The Kier molecular flexibility index (Phi) is 5.56. The fourth-order valence-electron chi connectivity index (χ4n) is 1.58. The summed E-state index contributed by atoms with van der Waals surface area (Å²) >= 11 is 0. The normalized spacial score (nSPS) is 14.1. The second-order valence-electron chi connectivity index (χ2n) is 4.33. The molecule has 2 unspecified atom stereocenters. The van der Waals surface area contributed by atoms with E-state index in [9.17, 15) is 9.90 Å². The van der Waals surface area contributed by atoms with E-state index < -0.39 is 0 Å². The van der Waals surface area contributed by atoms with E-state index in [-0.39, 0.29) is 18.1 Å². The van der Waals surface area contributed by atoms with Crippen LogP contribution in [0.4, 0.5) is 4.79 Å². The molecule has 1 aromatic heterocycles. The summed E-state index contributed by atoms with van der Waals surface area (Å²) in [6.07, 6.45) is 1.91. The molecule has 96 valence electrons. The lowest BCUT2D eigenvalue weighted by Crippen LogP contribution is -2.37. The summed E-state index contributed by atoms with van der Waals surface area (Å²) < 4.78 is 5.09. The van der Waals surface area contributed by atoms with Gasteiger partial charge in [0.05, 0.1) is 18.9 Å². The number of carbonyl (C=O) groups is 1. The van der Waals surface area contributed by atoms with E-state index in [1.54, 1.807) is 25.3 Å². The number of rotatable bonds is 6. The summed E-state index contributed by atoms with van der Waals surface area (Å²) in [6, 6.07) is 3.36. The molecule has 0 saturated carbocycles. The van der Waals surface area contributed by atoms with Crippen molar-refractivity contribution < 1.29 is 14.3 Å². The smallest absolute Gasteiger partial charge is 0.315 e. The molecule has 3 N–H and O–H groups in total. The van der Waals surface area contributed by atoms with Crippen molar-refractivity contribution in [1.29, 1.82) is 0 Å². The summed E-state index contributed by atoms with van der Waals surface area (Å²) in [5.74, 6) is 0.974. The van der Waals surface area contributed by atoms with Crippen molar-refractivity contribution in [3.05, 3.63) is 24.2 Å². The van der Waals surface area contributed by atoms with Crippen LogP contribution in [-0.2, 0) is 6.54 Å². The molecule has 0 aliphatic rings. The van der Waals surface area contributed by atoms with E-state index in [0.717, 1.165) is 5.76 Å². The van der Waals surface area contributed by atoms with Gasteiger partial charge in [-0.05, 0) is 31.4 Å². The van der Waals surface area contributed by atoms with Gasteiger partial charge < -0.3 is 20.2 Å². The highest BCUT2D eigenvalue weighted by molar-refractivity contribution is 5.73. The molecular formula is C12H20N2O3. The molecule has 0 aliphatic heterocycles. The van der Waals surface area contributed by atoms with Gasteiger partial charge in [-0.1, -0.05) is 6.92 Å². The first-order valence-electron chi connectivity index (χ1n) is 5.80. The molecule has 0 radical (unpaired) electrons. The number of urea groups is 1. The summed E-state index contributed by atoms with van der Waals surface area (Å²) in [5.41, 5.74) is 0. The minimum Gasteiger partial charge on any atom is -0.467 e. The highest BCUT2D eigenvalue weighted by Gasteiger charge is 2.08. The van der Waals surface area contributed by atoms with Gasteiger partial charge in [0.25, 0.3) is 0 Å². The first kappa shape index (κ1) is 13.6. The molecule has 5 heteroatoms. The van der Waals surface area contributed by atoms with Crippen LogP contribution in [0.5, 0.6) is 0 Å². The quantitative estimate of drug-likeness (QED) is 0.705. The van der Waals surface area contributed by atoms with E-state index in [1.807, 2.05) is 6.92 Å². The second kappa shape index (κ2) is 6.96. The third-order valence-electron chi connectivity index (χ3n) is 2.36. The number of carbonyl (C=O) groups excluding carboxylic acids is 1. The molecular weight excluding hydrogens is 220 g/mol. The lowest BCUT2D eigenvalue weighted by Gasteiger charge is -2.14. The third kappa shape index (κ3) is 5.97. The predicted molar refractivity (Wildman–Crippen MR) is 64.4 cm³/mol. The van der Waals surface area contributed by atoms with Gasteiger partial charge in [-0.3, -0.25) is 0 Å². The maximum absolute atomic E-state index is 11.4. The lowest BCUT2D eigenvalue weighted by atomic mass is 10.1. The second-order valence-corrected chi connectivity index (χ2v) is 4.33. The van der Waals surface area contributed by atoms with E-state index in [0.29, 0.717) is 19.5 Å². The third-order valence-corrected chi connectivity index (χ3v) is 2.36. The summed E-state index contributed by atoms with van der Waals surface area (Å²) in [5, 5.41) is 14.6. The van der Waals surface area contributed by atoms with Gasteiger partial charge in [0.1, 0.15) is 5.76 Å². The summed E-state index contributed by atoms with van der Waals surface area (Å²) in [4.78, 5) is 11.4. The largest absolute Gasteiger partial charge is 0.467 e. The zero-order chi connectivity index (χ0) is 12.7. The van der Waals surface area contributed by atoms with Crippen molar-refractivity contribution in [3.63, 3.8) is 0 Å². The van der Waals surface area contributed by atoms with Gasteiger partial charge in [-0.2, -0.15) is 0 Å². The molecule has 0 bridgehead atoms. The molecule has 2 atom stereocenters. The van der Waals surface area contributed by atoms with Crippen LogP contribution in [0.2, 0.25) is 0 Å². The molecule has 0 saturated heterocycles. The Hall–Kier alpha value is -1.49. The minimum absolute atomic E-state index is 0.223. The van der Waals surface area contributed by atoms with Crippen molar-refractivity contribution in [2.24, 2.45) is 5.92 Å². The monoisotopic (exact) mass is 240 g/mol. The van der Waals surface area contributed by atoms with Gasteiger partial charge in [-0.15, -0.1) is 0 Å². The highest BCUT2D eigenvalue weighted by atomic mass is 16.3. The lowest BCUT2D eigenvalue weighted by molar-refractivity contribution is 0.163. The summed E-state index contributed by atoms with van der Waals surface area (Å²) in [7, 11) is 0. The Morgan fingerprint density at radius 1 is 1.47 bits per heavy atom. The van der Waals surface area contributed by atoms with Crippen molar-refractivity contribution in [1.82, 2.24) is 10.6 Å². The number of furan rings is 1. The van der Waals surface area contributed by atoms with Crippen LogP contribution in [-0.4, -0.2) is 23.8 Å². The fraction of sp³-hybridized carbons (Fsp3) is 0.583. The highest BCUT2D eigenvalue weighted by Crippen LogP contribution is 2.03. The molecule has 1 aromatic rings. The Morgan fingerprint density at radius 3 is 2.82 bits per heavy atom. The van der Waals surface area contributed by atoms with Gasteiger partial charge in [0.2, 0.25) is 0 Å². The minimum atomic E-state index is -0.335. The predicted octanol–water partition coefficient (Wildman–Crippen LogP) is 1.49. The number of hydrogen-bond donors (Lipinski definition) is 3. The van der Waals surface area contributed by atoms with Crippen LogP contribution >= 0.6 is 0 Å². The number of amides is 2. The average molecular weight is 240 g/mol. The fourth-order valence-corrected chi connectivity index (χ4v) is 1.58. The number of aliphatic hydroxyl groups is 1. The maximum Gasteiger partial charge on any atom is 0.315 e. The molecule has 0 aliphatic carbocycles. The molecule has 17 heavy (non-hydrogen) atoms. The van der Waals surface area contributed by atoms with Crippen LogP contribution in [0.1, 0.15) is 26.0 Å². The van der Waals surface area contributed by atoms with E-state index in [4.69, 9.17) is 4.42 Å². The first-order valence-corrected chi connectivity index (χ1v) is 5.80. The zero-order valence-corrected chi connectivity index (χ0v) is 10.3. The first-order chi connectivity index (χ1) is 8.08. The van der Waals surface area contributed by atoms with Crippen LogP contribution in [0.25, 0.3) is 0 Å². The number of nitrogens with one attached hydrogen (secondary N) is 2.